The minimum Gasteiger partial charge on any atom is -0.445 e. The number of rotatable bonds is 3. The Morgan fingerprint density at radius 3 is 2.22 bits per heavy atom. The van der Waals surface area contributed by atoms with Crippen molar-refractivity contribution in [1.29, 1.82) is 0 Å². The molecule has 1 aliphatic carbocycles. The van der Waals surface area contributed by atoms with E-state index < -0.39 is 0 Å². The van der Waals surface area contributed by atoms with Gasteiger partial charge in [-0.3, -0.25) is 4.79 Å². The van der Waals surface area contributed by atoms with Crippen LogP contribution in [0.5, 0.6) is 0 Å². The van der Waals surface area contributed by atoms with Crippen molar-refractivity contribution < 1.29 is 14.3 Å². The quantitative estimate of drug-likeness (QED) is 0.861. The largest absolute Gasteiger partial charge is 0.445 e. The molecule has 0 atom stereocenters. The molecule has 3 rings (SSSR count). The highest BCUT2D eigenvalue weighted by molar-refractivity contribution is 5.79. The molecule has 0 N–H and O–H groups in total. The molecule has 5 nitrogen and oxygen atoms in total. The second kappa shape index (κ2) is 7.49. The lowest BCUT2D eigenvalue weighted by atomic mass is 10.1. The van der Waals surface area contributed by atoms with Crippen LogP contribution >= 0.6 is 0 Å². The highest BCUT2D eigenvalue weighted by Gasteiger charge is 2.30. The minimum absolute atomic E-state index is 0.214. The maximum atomic E-state index is 12.4. The molecule has 0 unspecified atom stereocenters. The van der Waals surface area contributed by atoms with Gasteiger partial charge in [0.15, 0.2) is 0 Å². The van der Waals surface area contributed by atoms with Crippen LogP contribution in [0.1, 0.15) is 31.2 Å². The van der Waals surface area contributed by atoms with E-state index in [0.29, 0.717) is 32.8 Å². The molecule has 2 fully saturated rings. The van der Waals surface area contributed by atoms with Crippen molar-refractivity contribution in [2.75, 3.05) is 26.2 Å². The van der Waals surface area contributed by atoms with Gasteiger partial charge in [0.25, 0.3) is 0 Å². The van der Waals surface area contributed by atoms with Gasteiger partial charge in [-0.15, -0.1) is 0 Å². The smallest absolute Gasteiger partial charge is 0.410 e. The van der Waals surface area contributed by atoms with Gasteiger partial charge in [0, 0.05) is 32.1 Å². The summed E-state index contributed by atoms with van der Waals surface area (Å²) in [5, 5.41) is 0. The number of piperazine rings is 1. The number of ether oxygens (including phenoxy) is 1. The van der Waals surface area contributed by atoms with Gasteiger partial charge in [0.05, 0.1) is 0 Å². The van der Waals surface area contributed by atoms with Gasteiger partial charge in [-0.05, 0) is 18.4 Å². The Hall–Kier alpha value is -2.04. The fraction of sp³-hybridized carbons (Fsp3) is 0.556. The van der Waals surface area contributed by atoms with E-state index in [4.69, 9.17) is 4.74 Å². The molecule has 1 saturated heterocycles. The highest BCUT2D eigenvalue weighted by Crippen LogP contribution is 2.26. The second-order valence-corrected chi connectivity index (χ2v) is 6.33. The molecule has 0 spiro atoms. The van der Waals surface area contributed by atoms with E-state index in [9.17, 15) is 9.59 Å². The van der Waals surface area contributed by atoms with E-state index >= 15 is 0 Å². The molecular weight excluding hydrogens is 292 g/mol. The molecule has 23 heavy (non-hydrogen) atoms. The summed E-state index contributed by atoms with van der Waals surface area (Å²) in [6, 6.07) is 9.66. The van der Waals surface area contributed by atoms with Crippen molar-refractivity contribution >= 4 is 12.0 Å². The van der Waals surface area contributed by atoms with Gasteiger partial charge < -0.3 is 14.5 Å². The molecular formula is C18H24N2O3. The predicted molar refractivity (Wildman–Crippen MR) is 86.7 cm³/mol. The average Bonchev–Trinajstić information content (AvgIpc) is 3.15. The van der Waals surface area contributed by atoms with Crippen molar-refractivity contribution in [3.63, 3.8) is 0 Å². The van der Waals surface area contributed by atoms with Crippen molar-refractivity contribution in [1.82, 2.24) is 9.80 Å². The number of carbonyl (C=O) groups excluding carboxylic acids is 2. The van der Waals surface area contributed by atoms with Gasteiger partial charge in [0.1, 0.15) is 6.61 Å². The summed E-state index contributed by atoms with van der Waals surface area (Å²) in [6.07, 6.45) is 4.10. The maximum Gasteiger partial charge on any atom is 0.410 e. The normalized spacial score (nSPS) is 19.0. The van der Waals surface area contributed by atoms with Crippen LogP contribution in [0.15, 0.2) is 30.3 Å². The van der Waals surface area contributed by atoms with E-state index in [1.165, 1.54) is 12.8 Å². The Bertz CT molecular complexity index is 532. The number of hydrogen-bond acceptors (Lipinski definition) is 3. The van der Waals surface area contributed by atoms with Crippen LogP contribution in [0, 0.1) is 5.92 Å². The molecule has 0 aromatic heterocycles. The summed E-state index contributed by atoms with van der Waals surface area (Å²) < 4.78 is 5.35. The summed E-state index contributed by atoms with van der Waals surface area (Å²) in [6.45, 7) is 2.66. The third kappa shape index (κ3) is 4.03. The van der Waals surface area contributed by atoms with E-state index in [-0.39, 0.29) is 17.9 Å². The summed E-state index contributed by atoms with van der Waals surface area (Å²) >= 11 is 0. The topological polar surface area (TPSA) is 49.9 Å². The summed E-state index contributed by atoms with van der Waals surface area (Å²) in [5.74, 6) is 0.492. The third-order valence-electron chi connectivity index (χ3n) is 4.76. The Labute approximate surface area is 137 Å². The molecule has 1 aromatic carbocycles. The number of benzene rings is 1. The first-order valence-electron chi connectivity index (χ1n) is 8.48. The molecule has 1 saturated carbocycles. The average molecular weight is 316 g/mol. The van der Waals surface area contributed by atoms with Gasteiger partial charge in [0.2, 0.25) is 5.91 Å². The Balaban J connectivity index is 1.43. The van der Waals surface area contributed by atoms with Crippen molar-refractivity contribution in [2.45, 2.75) is 32.3 Å². The molecule has 1 heterocycles. The van der Waals surface area contributed by atoms with Crippen LogP contribution in [-0.2, 0) is 16.1 Å². The standard InChI is InChI=1S/C18H24N2O3/c21-17(16-8-4-5-9-16)19-10-12-20(13-11-19)18(22)23-14-15-6-2-1-3-7-15/h1-3,6-7,16H,4-5,8-14H2. The first-order chi connectivity index (χ1) is 11.2. The zero-order valence-corrected chi connectivity index (χ0v) is 13.4. The molecule has 0 radical (unpaired) electrons. The molecule has 2 aliphatic rings. The SMILES string of the molecule is O=C(OCc1ccccc1)N1CCN(C(=O)C2CCCC2)CC1. The summed E-state index contributed by atoms with van der Waals surface area (Å²) in [7, 11) is 0. The zero-order valence-electron chi connectivity index (χ0n) is 13.4. The van der Waals surface area contributed by atoms with Crippen LogP contribution in [0.4, 0.5) is 4.79 Å². The monoisotopic (exact) mass is 316 g/mol. The van der Waals surface area contributed by atoms with Gasteiger partial charge in [-0.2, -0.15) is 0 Å². The number of hydrogen-bond donors (Lipinski definition) is 0. The van der Waals surface area contributed by atoms with Crippen molar-refractivity contribution in [2.24, 2.45) is 5.92 Å². The Morgan fingerprint density at radius 1 is 0.957 bits per heavy atom. The van der Waals surface area contributed by atoms with Crippen LogP contribution in [-0.4, -0.2) is 48.0 Å². The van der Waals surface area contributed by atoms with Crippen LogP contribution in [0.25, 0.3) is 0 Å². The molecule has 1 aromatic rings. The van der Waals surface area contributed by atoms with Gasteiger partial charge in [-0.25, -0.2) is 4.79 Å². The lowest BCUT2D eigenvalue weighted by Crippen LogP contribution is -2.51. The highest BCUT2D eigenvalue weighted by atomic mass is 16.6. The predicted octanol–water partition coefficient (Wildman–Crippen LogP) is 2.66. The van der Waals surface area contributed by atoms with E-state index in [1.807, 2.05) is 35.2 Å². The first kappa shape index (κ1) is 15.8. The fourth-order valence-electron chi connectivity index (χ4n) is 3.35. The van der Waals surface area contributed by atoms with Crippen LogP contribution in [0.2, 0.25) is 0 Å². The van der Waals surface area contributed by atoms with Crippen LogP contribution in [0.3, 0.4) is 0 Å². The minimum atomic E-state index is -0.290. The molecule has 0 bridgehead atoms. The fourth-order valence-corrected chi connectivity index (χ4v) is 3.35. The van der Waals surface area contributed by atoms with Gasteiger partial charge >= 0.3 is 6.09 Å². The second-order valence-electron chi connectivity index (χ2n) is 6.33. The van der Waals surface area contributed by atoms with E-state index in [0.717, 1.165) is 18.4 Å². The van der Waals surface area contributed by atoms with Crippen molar-refractivity contribution in [3.8, 4) is 0 Å². The lowest BCUT2D eigenvalue weighted by molar-refractivity contribution is -0.136. The van der Waals surface area contributed by atoms with Gasteiger partial charge in [-0.1, -0.05) is 43.2 Å². The van der Waals surface area contributed by atoms with E-state index in [2.05, 4.69) is 0 Å². The number of nitrogens with zero attached hydrogens (tertiary/aromatic N) is 2. The van der Waals surface area contributed by atoms with Crippen LogP contribution < -0.4 is 0 Å². The summed E-state index contributed by atoms with van der Waals surface area (Å²) in [5.41, 5.74) is 0.982. The molecule has 1 aliphatic heterocycles. The third-order valence-corrected chi connectivity index (χ3v) is 4.76. The molecule has 5 heteroatoms. The molecule has 2 amide bonds. The number of carbonyl (C=O) groups is 2. The summed E-state index contributed by atoms with van der Waals surface area (Å²) in [4.78, 5) is 28.1. The van der Waals surface area contributed by atoms with E-state index in [1.54, 1.807) is 4.90 Å². The molecule has 124 valence electrons. The Kier molecular flexibility index (Phi) is 5.16. The first-order valence-corrected chi connectivity index (χ1v) is 8.48. The van der Waals surface area contributed by atoms with Crippen molar-refractivity contribution in [3.05, 3.63) is 35.9 Å². The maximum absolute atomic E-state index is 12.4. The Morgan fingerprint density at radius 2 is 1.57 bits per heavy atom. The zero-order chi connectivity index (χ0) is 16.1. The number of amides is 2. The lowest BCUT2D eigenvalue weighted by Gasteiger charge is -2.35.